The predicted octanol–water partition coefficient (Wildman–Crippen LogP) is 1.89. The Balaban J connectivity index is 2.40. The third-order valence-corrected chi connectivity index (χ3v) is 4.51. The van der Waals surface area contributed by atoms with Gasteiger partial charge in [0, 0.05) is 13.2 Å². The van der Waals surface area contributed by atoms with Gasteiger partial charge in [-0.05, 0) is 24.1 Å². The molecule has 3 nitrogen and oxygen atoms in total. The van der Waals surface area contributed by atoms with E-state index in [4.69, 9.17) is 20.9 Å². The molecule has 1 saturated heterocycles. The van der Waals surface area contributed by atoms with Crippen LogP contribution in [-0.2, 0) is 20.9 Å². The van der Waals surface area contributed by atoms with Crippen LogP contribution in [0.2, 0.25) is 0 Å². The van der Waals surface area contributed by atoms with Crippen LogP contribution in [0.3, 0.4) is 0 Å². The predicted molar refractivity (Wildman–Crippen MR) is 53.6 cm³/mol. The van der Waals surface area contributed by atoms with Gasteiger partial charge in [0.15, 0.2) is 0 Å². The lowest BCUT2D eigenvalue weighted by Gasteiger charge is -2.14. The molecule has 0 aromatic rings. The molecule has 0 amide bonds. The zero-order valence-electron chi connectivity index (χ0n) is 7.74. The molecule has 1 aliphatic heterocycles. The van der Waals surface area contributed by atoms with Crippen LogP contribution in [0.5, 0.6) is 0 Å². The summed E-state index contributed by atoms with van der Waals surface area (Å²) >= 11 is 5.15. The van der Waals surface area contributed by atoms with E-state index in [1.807, 2.05) is 0 Å². The summed E-state index contributed by atoms with van der Waals surface area (Å²) in [7, 11) is 1.60. The lowest BCUT2D eigenvalue weighted by molar-refractivity contribution is 0.296. The molecular weight excluding hydrogens is 193 g/mol. The third-order valence-electron chi connectivity index (χ3n) is 1.78. The first-order chi connectivity index (χ1) is 5.56. The molecule has 0 saturated carbocycles. The minimum Gasteiger partial charge on any atom is -0.321 e. The van der Waals surface area contributed by atoms with Gasteiger partial charge in [-0.1, -0.05) is 13.8 Å². The molecule has 0 aromatic carbocycles. The topological polar surface area (TPSA) is 30.5 Å². The average Bonchev–Trinajstić information content (AvgIpc) is 2.32. The second-order valence-electron chi connectivity index (χ2n) is 3.43. The van der Waals surface area contributed by atoms with Crippen molar-refractivity contribution in [3.63, 3.8) is 0 Å². The molecule has 0 aliphatic carbocycles. The van der Waals surface area contributed by atoms with Gasteiger partial charge in [0.1, 0.15) is 0 Å². The third kappa shape index (κ3) is 2.79. The van der Waals surface area contributed by atoms with Crippen LogP contribution in [0, 0.1) is 5.92 Å². The highest BCUT2D eigenvalue weighted by Crippen LogP contribution is 2.48. The van der Waals surface area contributed by atoms with E-state index in [2.05, 4.69) is 18.9 Å². The number of nitrogens with one attached hydrogen (secondary N) is 1. The maximum atomic E-state index is 5.40. The Morgan fingerprint density at radius 3 is 2.83 bits per heavy atom. The SMILES string of the molecule is COP1(=S)N[C@H](CC(C)C)CO1. The molecule has 0 aromatic heterocycles. The first-order valence-corrected chi connectivity index (χ1v) is 6.77. The monoisotopic (exact) mass is 209 g/mol. The summed E-state index contributed by atoms with van der Waals surface area (Å²) in [5, 5.41) is 3.23. The van der Waals surface area contributed by atoms with E-state index in [-0.39, 0.29) is 0 Å². The van der Waals surface area contributed by atoms with E-state index in [1.54, 1.807) is 7.11 Å². The Hall–Kier alpha value is 0.530. The Bertz CT molecular complexity index is 198. The largest absolute Gasteiger partial charge is 0.321 e. The molecule has 5 heteroatoms. The van der Waals surface area contributed by atoms with Gasteiger partial charge >= 0.3 is 0 Å². The average molecular weight is 209 g/mol. The standard InChI is InChI=1S/C7H16NO2PS/c1-6(2)4-7-5-10-11(12,8-7)9-3/h6-7H,4-5H2,1-3H3,(H,8,12)/t7-,11?/m1/s1. The second kappa shape index (κ2) is 4.16. The van der Waals surface area contributed by atoms with E-state index >= 15 is 0 Å². The fraction of sp³-hybridized carbons (Fsp3) is 1.00. The molecular formula is C7H16NO2PS. The van der Waals surface area contributed by atoms with E-state index in [0.717, 1.165) is 6.42 Å². The van der Waals surface area contributed by atoms with Crippen molar-refractivity contribution >= 4 is 18.4 Å². The summed E-state index contributed by atoms with van der Waals surface area (Å²) in [4.78, 5) is 0. The van der Waals surface area contributed by atoms with Crippen molar-refractivity contribution in [3.8, 4) is 0 Å². The first-order valence-electron chi connectivity index (χ1n) is 4.14. The minimum absolute atomic E-state index is 0.385. The highest BCUT2D eigenvalue weighted by Gasteiger charge is 2.30. The Morgan fingerprint density at radius 2 is 2.42 bits per heavy atom. The molecule has 1 aliphatic rings. The maximum absolute atomic E-state index is 5.40. The Morgan fingerprint density at radius 1 is 1.75 bits per heavy atom. The summed E-state index contributed by atoms with van der Waals surface area (Å²) in [6.07, 6.45) is 1.10. The van der Waals surface area contributed by atoms with Gasteiger partial charge in [0.25, 0.3) is 6.64 Å². The summed E-state index contributed by atoms with van der Waals surface area (Å²) in [5.41, 5.74) is 0. The smallest absolute Gasteiger partial charge is 0.261 e. The van der Waals surface area contributed by atoms with Gasteiger partial charge in [-0.3, -0.25) is 0 Å². The van der Waals surface area contributed by atoms with Gasteiger partial charge in [0.2, 0.25) is 0 Å². The van der Waals surface area contributed by atoms with E-state index in [0.29, 0.717) is 18.6 Å². The minimum atomic E-state index is -2.08. The highest BCUT2D eigenvalue weighted by atomic mass is 32.5. The second-order valence-corrected chi connectivity index (χ2v) is 6.75. The van der Waals surface area contributed by atoms with E-state index < -0.39 is 6.64 Å². The molecule has 1 unspecified atom stereocenters. The number of rotatable bonds is 3. The molecule has 0 bridgehead atoms. The number of hydrogen-bond donors (Lipinski definition) is 1. The molecule has 1 N–H and O–H groups in total. The zero-order valence-corrected chi connectivity index (χ0v) is 9.45. The zero-order chi connectivity index (χ0) is 9.19. The van der Waals surface area contributed by atoms with Crippen molar-refractivity contribution in [2.75, 3.05) is 13.7 Å². The number of hydrogen-bond acceptors (Lipinski definition) is 3. The fourth-order valence-corrected chi connectivity index (χ4v) is 3.20. The van der Waals surface area contributed by atoms with E-state index in [9.17, 15) is 0 Å². The quantitative estimate of drug-likeness (QED) is 0.719. The van der Waals surface area contributed by atoms with Crippen molar-refractivity contribution < 1.29 is 9.05 Å². The van der Waals surface area contributed by atoms with Crippen LogP contribution >= 0.6 is 6.64 Å². The molecule has 12 heavy (non-hydrogen) atoms. The van der Waals surface area contributed by atoms with Crippen LogP contribution in [-0.4, -0.2) is 19.8 Å². The molecule has 72 valence electrons. The normalized spacial score (nSPS) is 36.2. The summed E-state index contributed by atoms with van der Waals surface area (Å²) in [6.45, 7) is 3.00. The van der Waals surface area contributed by atoms with Gasteiger partial charge in [-0.25, -0.2) is 5.09 Å². The van der Waals surface area contributed by atoms with Gasteiger partial charge in [-0.15, -0.1) is 0 Å². The fourth-order valence-electron chi connectivity index (χ4n) is 1.28. The molecule has 2 atom stereocenters. The van der Waals surface area contributed by atoms with Crippen molar-refractivity contribution in [1.82, 2.24) is 5.09 Å². The molecule has 1 rings (SSSR count). The maximum Gasteiger partial charge on any atom is 0.261 e. The van der Waals surface area contributed by atoms with Crippen molar-refractivity contribution in [3.05, 3.63) is 0 Å². The van der Waals surface area contributed by atoms with Crippen molar-refractivity contribution in [2.45, 2.75) is 26.3 Å². The Labute approximate surface area is 79.0 Å². The molecule has 0 spiro atoms. The van der Waals surface area contributed by atoms with E-state index in [1.165, 1.54) is 0 Å². The highest BCUT2D eigenvalue weighted by molar-refractivity contribution is 8.09. The molecule has 1 fully saturated rings. The lowest BCUT2D eigenvalue weighted by atomic mass is 10.1. The van der Waals surface area contributed by atoms with Crippen molar-refractivity contribution in [2.24, 2.45) is 5.92 Å². The summed E-state index contributed by atoms with van der Waals surface area (Å²) in [6, 6.07) is 0.385. The Kier molecular flexibility index (Phi) is 3.68. The lowest BCUT2D eigenvalue weighted by Crippen LogP contribution is -2.23. The van der Waals surface area contributed by atoms with Crippen LogP contribution in [0.4, 0.5) is 0 Å². The van der Waals surface area contributed by atoms with Crippen LogP contribution < -0.4 is 5.09 Å². The van der Waals surface area contributed by atoms with Crippen LogP contribution in [0.25, 0.3) is 0 Å². The van der Waals surface area contributed by atoms with Gasteiger partial charge < -0.3 is 9.05 Å². The summed E-state index contributed by atoms with van der Waals surface area (Å²) in [5.74, 6) is 0.671. The van der Waals surface area contributed by atoms with Gasteiger partial charge in [0.05, 0.1) is 6.61 Å². The first kappa shape index (κ1) is 10.6. The molecule has 0 radical (unpaired) electrons. The van der Waals surface area contributed by atoms with Crippen molar-refractivity contribution in [1.29, 1.82) is 0 Å². The van der Waals surface area contributed by atoms with Gasteiger partial charge in [-0.2, -0.15) is 0 Å². The van der Waals surface area contributed by atoms with Crippen LogP contribution in [0.15, 0.2) is 0 Å². The molecule has 1 heterocycles. The summed E-state index contributed by atoms with van der Waals surface area (Å²) < 4.78 is 10.5. The van der Waals surface area contributed by atoms with Crippen LogP contribution in [0.1, 0.15) is 20.3 Å².